The molecule has 17 nitrogen and oxygen atoms in total. The highest BCUT2D eigenvalue weighted by Crippen LogP contribution is 2.45. The van der Waals surface area contributed by atoms with Crippen molar-refractivity contribution in [3.8, 4) is 0 Å². The highest BCUT2D eigenvalue weighted by Gasteiger charge is 2.30. The Kier molecular flexibility index (Phi) is 72.8. The highest BCUT2D eigenvalue weighted by molar-refractivity contribution is 7.47. The molecule has 0 aromatic rings. The molecule has 0 spiro atoms. The number of phosphoric acid groups is 2. The van der Waals surface area contributed by atoms with Crippen LogP contribution in [0.3, 0.4) is 0 Å². The van der Waals surface area contributed by atoms with Gasteiger partial charge in [0.25, 0.3) is 0 Å². The van der Waals surface area contributed by atoms with Gasteiger partial charge in [0.1, 0.15) is 19.3 Å². The number of phosphoric ester groups is 2. The van der Waals surface area contributed by atoms with Gasteiger partial charge in [0.15, 0.2) is 12.2 Å². The Balaban J connectivity index is 5.19. The van der Waals surface area contributed by atoms with Crippen molar-refractivity contribution in [2.45, 2.75) is 458 Å². The molecule has 0 bridgehead atoms. The van der Waals surface area contributed by atoms with Crippen molar-refractivity contribution >= 4 is 39.5 Å². The minimum absolute atomic E-state index is 0.105. The molecule has 0 radical (unpaired) electrons. The second-order valence-electron chi connectivity index (χ2n) is 31.6. The molecule has 19 heteroatoms. The molecule has 5 atom stereocenters. The lowest BCUT2D eigenvalue weighted by Crippen LogP contribution is -2.30. The monoisotopic (exact) mass is 1510 g/mol. The first kappa shape index (κ1) is 101. The lowest BCUT2D eigenvalue weighted by Gasteiger charge is -2.21. The summed E-state index contributed by atoms with van der Waals surface area (Å²) in [6, 6.07) is 0. The molecule has 0 rings (SSSR count). The van der Waals surface area contributed by atoms with E-state index in [-0.39, 0.29) is 25.7 Å². The predicted octanol–water partition coefficient (Wildman–Crippen LogP) is 25.3. The SMILES string of the molecule is CCCCCCCCCCCCC(=O)OC[C@H](COP(=O)(O)OC[C@H](O)COP(=O)(O)OC[C@@H](COC(=O)CCCCCCCCCCCCCCCCCCCCC(C)C)OC(=O)CCCCCCCCCCCCCCCCCCCCC(C)C)OC(=O)CCCCCCCCCCC(C)C. The summed E-state index contributed by atoms with van der Waals surface area (Å²) in [6.07, 6.45) is 64.1. The summed E-state index contributed by atoms with van der Waals surface area (Å²) in [5.41, 5.74) is 0. The van der Waals surface area contributed by atoms with E-state index < -0.39 is 97.5 Å². The number of aliphatic hydroxyl groups excluding tert-OH is 1. The Morgan fingerprint density at radius 2 is 0.447 bits per heavy atom. The van der Waals surface area contributed by atoms with Crippen molar-refractivity contribution in [3.63, 3.8) is 0 Å². The third-order valence-corrected chi connectivity index (χ3v) is 21.5. The van der Waals surface area contributed by atoms with Crippen molar-refractivity contribution in [1.29, 1.82) is 0 Å². The van der Waals surface area contributed by atoms with Gasteiger partial charge < -0.3 is 33.8 Å². The number of carbonyl (C=O) groups excluding carboxylic acids is 4. The lowest BCUT2D eigenvalue weighted by atomic mass is 10.0. The number of hydrogen-bond acceptors (Lipinski definition) is 15. The maximum atomic E-state index is 13.1. The van der Waals surface area contributed by atoms with Crippen LogP contribution in [0, 0.1) is 17.8 Å². The maximum Gasteiger partial charge on any atom is 0.472 e. The molecule has 0 aliphatic carbocycles. The van der Waals surface area contributed by atoms with Gasteiger partial charge in [-0.05, 0) is 43.4 Å². The molecule has 0 aliphatic heterocycles. The van der Waals surface area contributed by atoms with E-state index in [0.29, 0.717) is 25.7 Å². The molecule has 2 unspecified atom stereocenters. The van der Waals surface area contributed by atoms with Crippen molar-refractivity contribution in [2.24, 2.45) is 17.8 Å². The first-order chi connectivity index (χ1) is 49.7. The topological polar surface area (TPSA) is 237 Å². The van der Waals surface area contributed by atoms with E-state index in [1.54, 1.807) is 0 Å². The normalized spacial score (nSPS) is 13.9. The Morgan fingerprint density at radius 3 is 0.660 bits per heavy atom. The summed E-state index contributed by atoms with van der Waals surface area (Å²) < 4.78 is 68.7. The summed E-state index contributed by atoms with van der Waals surface area (Å²) in [7, 11) is -9.92. The number of aliphatic hydroxyl groups is 1. The van der Waals surface area contributed by atoms with E-state index in [2.05, 4.69) is 48.5 Å². The molecular formula is C84H164O17P2. The molecule has 0 heterocycles. The van der Waals surface area contributed by atoms with Crippen LogP contribution in [-0.2, 0) is 65.4 Å². The predicted molar refractivity (Wildman–Crippen MR) is 423 cm³/mol. The second-order valence-corrected chi connectivity index (χ2v) is 34.6. The summed E-state index contributed by atoms with van der Waals surface area (Å²) in [5, 5.41) is 10.6. The van der Waals surface area contributed by atoms with Crippen LogP contribution in [-0.4, -0.2) is 96.7 Å². The zero-order valence-corrected chi connectivity index (χ0v) is 69.6. The number of carbonyl (C=O) groups is 4. The number of ether oxygens (including phenoxy) is 4. The largest absolute Gasteiger partial charge is 0.472 e. The number of hydrogen-bond donors (Lipinski definition) is 3. The lowest BCUT2D eigenvalue weighted by molar-refractivity contribution is -0.161. The van der Waals surface area contributed by atoms with E-state index in [0.717, 1.165) is 108 Å². The van der Waals surface area contributed by atoms with Crippen LogP contribution in [0.25, 0.3) is 0 Å². The van der Waals surface area contributed by atoms with Crippen LogP contribution >= 0.6 is 15.6 Å². The van der Waals surface area contributed by atoms with Crippen LogP contribution in [0.1, 0.15) is 440 Å². The molecule has 0 saturated carbocycles. The number of esters is 4. The van der Waals surface area contributed by atoms with Crippen LogP contribution in [0.5, 0.6) is 0 Å². The Morgan fingerprint density at radius 1 is 0.262 bits per heavy atom. The zero-order chi connectivity index (χ0) is 75.8. The van der Waals surface area contributed by atoms with E-state index in [1.807, 2.05) is 0 Å². The number of rotatable bonds is 82. The molecule has 0 aromatic heterocycles. The van der Waals surface area contributed by atoms with E-state index in [4.69, 9.17) is 37.0 Å². The van der Waals surface area contributed by atoms with E-state index in [1.165, 1.54) is 250 Å². The van der Waals surface area contributed by atoms with Crippen LogP contribution in [0.15, 0.2) is 0 Å². The molecule has 3 N–H and O–H groups in total. The summed E-state index contributed by atoms with van der Waals surface area (Å²) in [5.74, 6) is 0.252. The van der Waals surface area contributed by atoms with Crippen molar-refractivity contribution in [2.75, 3.05) is 39.6 Å². The van der Waals surface area contributed by atoms with E-state index >= 15 is 0 Å². The first-order valence-electron chi connectivity index (χ1n) is 43.3. The minimum atomic E-state index is -4.96. The van der Waals surface area contributed by atoms with Gasteiger partial charge in [-0.15, -0.1) is 0 Å². The Bertz CT molecular complexity index is 1990. The van der Waals surface area contributed by atoms with Gasteiger partial charge in [0.2, 0.25) is 0 Å². The van der Waals surface area contributed by atoms with Crippen molar-refractivity contribution in [3.05, 3.63) is 0 Å². The zero-order valence-electron chi connectivity index (χ0n) is 67.8. The molecule has 0 fully saturated rings. The molecule has 0 saturated heterocycles. The van der Waals surface area contributed by atoms with Crippen LogP contribution in [0.4, 0.5) is 0 Å². The molecule has 0 aromatic carbocycles. The molecule has 0 aliphatic rings. The fourth-order valence-electron chi connectivity index (χ4n) is 13.0. The second kappa shape index (κ2) is 74.2. The van der Waals surface area contributed by atoms with Gasteiger partial charge in [-0.3, -0.25) is 37.3 Å². The smallest absolute Gasteiger partial charge is 0.462 e. The number of unbranched alkanes of at least 4 members (excludes halogenated alkanes) is 50. The van der Waals surface area contributed by atoms with Gasteiger partial charge in [-0.2, -0.15) is 0 Å². The van der Waals surface area contributed by atoms with Crippen molar-refractivity contribution in [1.82, 2.24) is 0 Å². The van der Waals surface area contributed by atoms with Gasteiger partial charge in [-0.1, -0.05) is 389 Å². The van der Waals surface area contributed by atoms with Crippen LogP contribution in [0.2, 0.25) is 0 Å². The Hall–Kier alpha value is -1.94. The third kappa shape index (κ3) is 78.0. The maximum absolute atomic E-state index is 13.1. The molecule has 612 valence electrons. The van der Waals surface area contributed by atoms with Gasteiger partial charge in [0, 0.05) is 25.7 Å². The van der Waals surface area contributed by atoms with Crippen molar-refractivity contribution < 1.29 is 80.2 Å². The minimum Gasteiger partial charge on any atom is -0.462 e. The molecule has 0 amide bonds. The van der Waals surface area contributed by atoms with Crippen LogP contribution < -0.4 is 0 Å². The summed E-state index contributed by atoms with van der Waals surface area (Å²) in [6.45, 7) is 12.0. The van der Waals surface area contributed by atoms with Gasteiger partial charge in [-0.25, -0.2) is 9.13 Å². The quantitative estimate of drug-likeness (QED) is 0.0222. The Labute approximate surface area is 632 Å². The fourth-order valence-corrected chi connectivity index (χ4v) is 14.6. The average molecular weight is 1510 g/mol. The standard InChI is InChI=1S/C84H164O17P2/c1-8-9-10-11-12-13-36-44-51-58-65-81(86)94-72-80(101-84(89)68-61-54-47-40-39-43-50-57-64-77(6)7)74-99-103(92,93)97-70-78(85)69-96-102(90,91)98-73-79(100-83(88)67-60-53-46-38-33-29-25-21-17-15-19-23-27-31-35-42-49-56-63-76(4)5)71-95-82(87)66-59-52-45-37-32-28-24-20-16-14-18-22-26-30-34-41-48-55-62-75(2)3/h75-80,85H,8-74H2,1-7H3,(H,90,91)(H,92,93)/t78-,79-,80-/m1/s1. The van der Waals surface area contributed by atoms with E-state index in [9.17, 15) is 43.2 Å². The highest BCUT2D eigenvalue weighted by atomic mass is 31.2. The summed E-state index contributed by atoms with van der Waals surface area (Å²) >= 11 is 0. The van der Waals surface area contributed by atoms with Gasteiger partial charge in [0.05, 0.1) is 26.4 Å². The van der Waals surface area contributed by atoms with Gasteiger partial charge >= 0.3 is 39.5 Å². The molecule has 103 heavy (non-hydrogen) atoms. The third-order valence-electron chi connectivity index (χ3n) is 19.6. The summed E-state index contributed by atoms with van der Waals surface area (Å²) in [4.78, 5) is 73.0. The average Bonchev–Trinajstić information content (AvgIpc) is 0.945. The first-order valence-corrected chi connectivity index (χ1v) is 46.3. The molecular weight excluding hydrogens is 1340 g/mol. The fraction of sp³-hybridized carbons (Fsp3) is 0.952.